The summed E-state index contributed by atoms with van der Waals surface area (Å²) in [6.07, 6.45) is 1.27. The van der Waals surface area contributed by atoms with Gasteiger partial charge < -0.3 is 10.6 Å². The van der Waals surface area contributed by atoms with Gasteiger partial charge in [0.05, 0.1) is 11.4 Å². The van der Waals surface area contributed by atoms with Crippen LogP contribution in [-0.2, 0) is 14.8 Å². The molecule has 0 aliphatic carbocycles. The Labute approximate surface area is 164 Å². The number of sulfonamides is 1. The molecule has 1 aliphatic rings. The van der Waals surface area contributed by atoms with Gasteiger partial charge in [0.15, 0.2) is 0 Å². The molecule has 1 saturated heterocycles. The zero-order chi connectivity index (χ0) is 20.1. The van der Waals surface area contributed by atoms with E-state index in [-0.39, 0.29) is 24.3 Å². The van der Waals surface area contributed by atoms with Crippen LogP contribution in [0.25, 0.3) is 0 Å². The molecule has 3 rings (SSSR count). The number of hydrogen-bond donors (Lipinski definition) is 2. The van der Waals surface area contributed by atoms with Crippen LogP contribution < -0.4 is 10.6 Å². The van der Waals surface area contributed by atoms with Crippen LogP contribution in [0.1, 0.15) is 18.4 Å². The Morgan fingerprint density at radius 1 is 1.07 bits per heavy atom. The molecular formula is C20H24FN3O3S. The van der Waals surface area contributed by atoms with Crippen LogP contribution in [0.2, 0.25) is 0 Å². The molecule has 0 saturated carbocycles. The topological polar surface area (TPSA) is 78.5 Å². The van der Waals surface area contributed by atoms with Crippen LogP contribution in [-0.4, -0.2) is 44.3 Å². The highest BCUT2D eigenvalue weighted by Gasteiger charge is 2.29. The molecule has 28 heavy (non-hydrogen) atoms. The van der Waals surface area contributed by atoms with Gasteiger partial charge in [-0.25, -0.2) is 12.8 Å². The first kappa shape index (κ1) is 20.4. The van der Waals surface area contributed by atoms with E-state index in [9.17, 15) is 17.6 Å². The van der Waals surface area contributed by atoms with Crippen molar-refractivity contribution < 1.29 is 17.6 Å². The molecule has 1 fully saturated rings. The Morgan fingerprint density at radius 3 is 2.29 bits per heavy atom. The number of benzene rings is 2. The maximum atomic E-state index is 12.9. The Bertz CT molecular complexity index is 907. The van der Waals surface area contributed by atoms with Gasteiger partial charge in [-0.3, -0.25) is 4.79 Å². The van der Waals surface area contributed by atoms with E-state index in [0.717, 1.165) is 5.56 Å². The highest BCUT2D eigenvalue weighted by molar-refractivity contribution is 7.89. The summed E-state index contributed by atoms with van der Waals surface area (Å²) in [6, 6.07) is 12.5. The first-order valence-electron chi connectivity index (χ1n) is 9.20. The summed E-state index contributed by atoms with van der Waals surface area (Å²) in [7, 11) is -3.48. The second-order valence-electron chi connectivity index (χ2n) is 6.93. The van der Waals surface area contributed by atoms with E-state index in [1.165, 1.54) is 28.6 Å². The predicted octanol–water partition coefficient (Wildman–Crippen LogP) is 2.52. The Morgan fingerprint density at radius 2 is 1.68 bits per heavy atom. The molecule has 1 heterocycles. The quantitative estimate of drug-likeness (QED) is 0.774. The van der Waals surface area contributed by atoms with Gasteiger partial charge in [0.2, 0.25) is 15.9 Å². The fourth-order valence-corrected chi connectivity index (χ4v) is 4.60. The van der Waals surface area contributed by atoms with Gasteiger partial charge in [-0.15, -0.1) is 0 Å². The average Bonchev–Trinajstić information content (AvgIpc) is 2.69. The minimum Gasteiger partial charge on any atom is -0.325 e. The zero-order valence-corrected chi connectivity index (χ0v) is 16.5. The monoisotopic (exact) mass is 405 g/mol. The van der Waals surface area contributed by atoms with Gasteiger partial charge in [0, 0.05) is 24.8 Å². The molecule has 2 N–H and O–H groups in total. The minimum atomic E-state index is -3.48. The second kappa shape index (κ2) is 8.81. The van der Waals surface area contributed by atoms with E-state index >= 15 is 0 Å². The molecule has 1 aliphatic heterocycles. The third kappa shape index (κ3) is 5.15. The van der Waals surface area contributed by atoms with Gasteiger partial charge in [-0.05, 0) is 56.2 Å². The first-order valence-corrected chi connectivity index (χ1v) is 10.6. The van der Waals surface area contributed by atoms with Crippen molar-refractivity contribution in [2.75, 3.05) is 25.0 Å². The molecule has 2 aromatic carbocycles. The number of aryl methyl sites for hydroxylation is 1. The highest BCUT2D eigenvalue weighted by Crippen LogP contribution is 2.21. The van der Waals surface area contributed by atoms with E-state index in [4.69, 9.17) is 0 Å². The summed E-state index contributed by atoms with van der Waals surface area (Å²) in [5.74, 6) is -0.579. The van der Waals surface area contributed by atoms with Crippen molar-refractivity contribution in [3.05, 3.63) is 59.9 Å². The number of halogens is 1. The molecule has 0 aromatic heterocycles. The van der Waals surface area contributed by atoms with Gasteiger partial charge in [-0.2, -0.15) is 4.31 Å². The standard InChI is InChI=1S/C20H24FN3O3S/c1-15-2-8-19(9-3-15)28(26,27)24-12-10-17(11-13-24)22-14-20(25)23-18-6-4-16(21)5-7-18/h2-9,17,22H,10-14H2,1H3,(H,23,25). The summed E-state index contributed by atoms with van der Waals surface area (Å²) >= 11 is 0. The van der Waals surface area contributed by atoms with E-state index < -0.39 is 10.0 Å². The van der Waals surface area contributed by atoms with Gasteiger partial charge >= 0.3 is 0 Å². The number of anilines is 1. The molecular weight excluding hydrogens is 381 g/mol. The summed E-state index contributed by atoms with van der Waals surface area (Å²) < 4.78 is 39.8. The second-order valence-corrected chi connectivity index (χ2v) is 8.87. The van der Waals surface area contributed by atoms with Crippen LogP contribution in [0.5, 0.6) is 0 Å². The number of nitrogens with one attached hydrogen (secondary N) is 2. The maximum absolute atomic E-state index is 12.9. The third-order valence-electron chi connectivity index (χ3n) is 4.79. The van der Waals surface area contributed by atoms with Crippen molar-refractivity contribution >= 4 is 21.6 Å². The molecule has 0 unspecified atom stereocenters. The lowest BCUT2D eigenvalue weighted by Crippen LogP contribution is -2.46. The molecule has 1 amide bonds. The zero-order valence-electron chi connectivity index (χ0n) is 15.7. The smallest absolute Gasteiger partial charge is 0.243 e. The molecule has 0 atom stereocenters. The SMILES string of the molecule is Cc1ccc(S(=O)(=O)N2CCC(NCC(=O)Nc3ccc(F)cc3)CC2)cc1. The lowest BCUT2D eigenvalue weighted by atomic mass is 10.1. The van der Waals surface area contributed by atoms with E-state index in [1.54, 1.807) is 24.3 Å². The number of carbonyl (C=O) groups excluding carboxylic acids is 1. The van der Waals surface area contributed by atoms with Crippen molar-refractivity contribution in [1.29, 1.82) is 0 Å². The Kier molecular flexibility index (Phi) is 6.43. The molecule has 150 valence electrons. The first-order chi connectivity index (χ1) is 13.3. The van der Waals surface area contributed by atoms with Crippen LogP contribution in [0.4, 0.5) is 10.1 Å². The van der Waals surface area contributed by atoms with Gasteiger partial charge in [0.25, 0.3) is 0 Å². The normalized spacial score (nSPS) is 16.1. The number of rotatable bonds is 6. The molecule has 6 nitrogen and oxygen atoms in total. The van der Waals surface area contributed by atoms with Crippen LogP contribution >= 0.6 is 0 Å². The Balaban J connectivity index is 1.46. The summed E-state index contributed by atoms with van der Waals surface area (Å²) in [5, 5.41) is 5.86. The van der Waals surface area contributed by atoms with Gasteiger partial charge in [0.1, 0.15) is 5.82 Å². The van der Waals surface area contributed by atoms with E-state index in [2.05, 4.69) is 10.6 Å². The van der Waals surface area contributed by atoms with Crippen molar-refractivity contribution in [1.82, 2.24) is 9.62 Å². The van der Waals surface area contributed by atoms with E-state index in [0.29, 0.717) is 36.5 Å². The van der Waals surface area contributed by atoms with Crippen LogP contribution in [0.15, 0.2) is 53.4 Å². The maximum Gasteiger partial charge on any atom is 0.243 e. The molecule has 8 heteroatoms. The number of hydrogen-bond acceptors (Lipinski definition) is 4. The third-order valence-corrected chi connectivity index (χ3v) is 6.70. The largest absolute Gasteiger partial charge is 0.325 e. The highest BCUT2D eigenvalue weighted by atomic mass is 32.2. The summed E-state index contributed by atoms with van der Waals surface area (Å²) in [4.78, 5) is 12.3. The molecule has 0 spiro atoms. The van der Waals surface area contributed by atoms with Crippen molar-refractivity contribution in [3.63, 3.8) is 0 Å². The van der Waals surface area contributed by atoms with Gasteiger partial charge in [-0.1, -0.05) is 17.7 Å². The molecule has 2 aromatic rings. The number of amides is 1. The molecule has 0 bridgehead atoms. The average molecular weight is 405 g/mol. The Hall–Kier alpha value is -2.29. The number of nitrogens with zero attached hydrogens (tertiary/aromatic N) is 1. The fourth-order valence-electron chi connectivity index (χ4n) is 3.14. The lowest BCUT2D eigenvalue weighted by molar-refractivity contribution is -0.115. The fraction of sp³-hybridized carbons (Fsp3) is 0.350. The molecule has 0 radical (unpaired) electrons. The van der Waals surface area contributed by atoms with Crippen molar-refractivity contribution in [3.8, 4) is 0 Å². The summed E-state index contributed by atoms with van der Waals surface area (Å²) in [6.45, 7) is 2.85. The predicted molar refractivity (Wildman–Crippen MR) is 106 cm³/mol. The van der Waals surface area contributed by atoms with E-state index in [1.807, 2.05) is 6.92 Å². The lowest BCUT2D eigenvalue weighted by Gasteiger charge is -2.31. The minimum absolute atomic E-state index is 0.0726. The van der Waals surface area contributed by atoms with Crippen molar-refractivity contribution in [2.45, 2.75) is 30.7 Å². The van der Waals surface area contributed by atoms with Crippen molar-refractivity contribution in [2.24, 2.45) is 0 Å². The number of carbonyl (C=O) groups is 1. The van der Waals surface area contributed by atoms with Crippen LogP contribution in [0.3, 0.4) is 0 Å². The van der Waals surface area contributed by atoms with Crippen LogP contribution in [0, 0.1) is 12.7 Å². The number of piperidine rings is 1. The summed E-state index contributed by atoms with van der Waals surface area (Å²) in [5.41, 5.74) is 1.55.